The Morgan fingerprint density at radius 1 is 1.18 bits per heavy atom. The second kappa shape index (κ2) is 6.67. The molecule has 3 rings (SSSR count). The smallest absolute Gasteiger partial charge is 0.248 e. The minimum atomic E-state index is -0.413. The Morgan fingerprint density at radius 2 is 1.82 bits per heavy atom. The molecular weight excluding hydrogens is 278 g/mol. The van der Waals surface area contributed by atoms with Gasteiger partial charge in [0.25, 0.3) is 0 Å². The van der Waals surface area contributed by atoms with Gasteiger partial charge in [0.1, 0.15) is 5.75 Å². The highest BCUT2D eigenvalue weighted by atomic mass is 16.5. The number of likely N-dealkylation sites (tertiary alicyclic amines) is 1. The molecule has 2 aliphatic rings. The van der Waals surface area contributed by atoms with Crippen LogP contribution in [0.2, 0.25) is 0 Å². The Morgan fingerprint density at radius 3 is 2.41 bits per heavy atom. The highest BCUT2D eigenvalue weighted by Crippen LogP contribution is 2.35. The molecule has 2 unspecified atom stereocenters. The quantitative estimate of drug-likeness (QED) is 0.774. The first-order valence-electron chi connectivity index (χ1n) is 8.14. The summed E-state index contributed by atoms with van der Waals surface area (Å²) in [5.41, 5.74) is 11.9. The normalized spacial score (nSPS) is 27.8. The third-order valence-corrected chi connectivity index (χ3v) is 5.01. The average Bonchev–Trinajstić information content (AvgIpc) is 2.74. The molecule has 1 heterocycles. The molecular formula is C17H25N3O2. The highest BCUT2D eigenvalue weighted by Gasteiger charge is 2.39. The summed E-state index contributed by atoms with van der Waals surface area (Å²) in [6.45, 7) is 4.04. The fraction of sp³-hybridized carbons (Fsp3) is 0.588. The Hall–Kier alpha value is -1.59. The Balaban J connectivity index is 1.38. The molecule has 0 radical (unpaired) electrons. The molecule has 5 heteroatoms. The number of primary amides is 1. The summed E-state index contributed by atoms with van der Waals surface area (Å²) in [4.78, 5) is 13.5. The number of carbonyl (C=O) groups excluding carboxylic acids is 1. The van der Waals surface area contributed by atoms with Gasteiger partial charge in [-0.2, -0.15) is 0 Å². The fourth-order valence-electron chi connectivity index (χ4n) is 3.74. The average molecular weight is 303 g/mol. The van der Waals surface area contributed by atoms with Gasteiger partial charge >= 0.3 is 0 Å². The van der Waals surface area contributed by atoms with Gasteiger partial charge in [0.15, 0.2) is 0 Å². The van der Waals surface area contributed by atoms with Crippen LogP contribution < -0.4 is 16.2 Å². The van der Waals surface area contributed by atoms with Crippen molar-refractivity contribution in [3.63, 3.8) is 0 Å². The number of carbonyl (C=O) groups is 1. The number of hydrogen-bond acceptors (Lipinski definition) is 4. The van der Waals surface area contributed by atoms with Crippen LogP contribution in [0.15, 0.2) is 24.3 Å². The first kappa shape index (κ1) is 15.3. The van der Waals surface area contributed by atoms with E-state index < -0.39 is 5.91 Å². The van der Waals surface area contributed by atoms with Crippen LogP contribution in [0.25, 0.3) is 0 Å². The lowest BCUT2D eigenvalue weighted by atomic mass is 9.93. The number of hydrogen-bond donors (Lipinski definition) is 2. The minimum absolute atomic E-state index is 0.413. The summed E-state index contributed by atoms with van der Waals surface area (Å²) in [7, 11) is 0. The number of benzene rings is 1. The van der Waals surface area contributed by atoms with Gasteiger partial charge in [0, 0.05) is 31.2 Å². The van der Waals surface area contributed by atoms with Crippen LogP contribution in [0.4, 0.5) is 0 Å². The summed E-state index contributed by atoms with van der Waals surface area (Å²) < 4.78 is 5.72. The summed E-state index contributed by atoms with van der Waals surface area (Å²) in [5, 5.41) is 0. The van der Waals surface area contributed by atoms with Gasteiger partial charge in [-0.3, -0.25) is 4.79 Å². The number of nitrogens with two attached hydrogens (primary N) is 2. The molecule has 22 heavy (non-hydrogen) atoms. The molecule has 1 aliphatic heterocycles. The van der Waals surface area contributed by atoms with Gasteiger partial charge in [-0.1, -0.05) is 0 Å². The summed E-state index contributed by atoms with van der Waals surface area (Å²) in [6.07, 6.45) is 3.60. The van der Waals surface area contributed by atoms with Crippen molar-refractivity contribution in [2.24, 2.45) is 23.3 Å². The third kappa shape index (κ3) is 3.42. The molecule has 1 saturated carbocycles. The van der Waals surface area contributed by atoms with Crippen LogP contribution in [-0.4, -0.2) is 43.1 Å². The van der Waals surface area contributed by atoms with Crippen molar-refractivity contribution < 1.29 is 9.53 Å². The third-order valence-electron chi connectivity index (χ3n) is 5.01. The van der Waals surface area contributed by atoms with Crippen molar-refractivity contribution in [1.82, 2.24) is 4.90 Å². The van der Waals surface area contributed by atoms with Crippen LogP contribution in [0.3, 0.4) is 0 Å². The molecule has 1 aromatic carbocycles. The van der Waals surface area contributed by atoms with E-state index in [1.807, 2.05) is 0 Å². The SMILES string of the molecule is NC(=O)c1ccc(OCCCN2CC3CCC(C2)C3N)cc1. The van der Waals surface area contributed by atoms with Gasteiger partial charge in [-0.15, -0.1) is 0 Å². The number of nitrogens with zero attached hydrogens (tertiary/aromatic N) is 1. The summed E-state index contributed by atoms with van der Waals surface area (Å²) in [6, 6.07) is 7.40. The van der Waals surface area contributed by atoms with Gasteiger partial charge in [0.2, 0.25) is 5.91 Å². The van der Waals surface area contributed by atoms with E-state index in [0.717, 1.165) is 31.8 Å². The molecule has 1 saturated heterocycles. The van der Waals surface area contributed by atoms with Gasteiger partial charge < -0.3 is 21.1 Å². The zero-order valence-electron chi connectivity index (χ0n) is 12.9. The monoisotopic (exact) mass is 303 g/mol. The molecule has 2 atom stereocenters. The van der Waals surface area contributed by atoms with Crippen LogP contribution in [0.5, 0.6) is 5.75 Å². The molecule has 0 spiro atoms. The molecule has 1 aliphatic carbocycles. The van der Waals surface area contributed by atoms with E-state index in [-0.39, 0.29) is 0 Å². The van der Waals surface area contributed by atoms with E-state index in [2.05, 4.69) is 4.90 Å². The second-order valence-corrected chi connectivity index (χ2v) is 6.53. The first-order valence-corrected chi connectivity index (χ1v) is 8.14. The van der Waals surface area contributed by atoms with E-state index >= 15 is 0 Å². The number of ether oxygens (including phenoxy) is 1. The molecule has 4 N–H and O–H groups in total. The molecule has 120 valence electrons. The lowest BCUT2D eigenvalue weighted by Gasteiger charge is -2.36. The topological polar surface area (TPSA) is 81.6 Å². The van der Waals surface area contributed by atoms with Crippen molar-refractivity contribution in [1.29, 1.82) is 0 Å². The van der Waals surface area contributed by atoms with Gasteiger partial charge in [-0.05, 0) is 55.4 Å². The largest absolute Gasteiger partial charge is 0.494 e. The molecule has 1 aromatic rings. The van der Waals surface area contributed by atoms with E-state index in [9.17, 15) is 4.79 Å². The predicted molar refractivity (Wildman–Crippen MR) is 85.7 cm³/mol. The predicted octanol–water partition coefficient (Wildman–Crippen LogP) is 1.22. The van der Waals surface area contributed by atoms with Crippen molar-refractivity contribution in [3.05, 3.63) is 29.8 Å². The van der Waals surface area contributed by atoms with Crippen LogP contribution in [-0.2, 0) is 0 Å². The van der Waals surface area contributed by atoms with Gasteiger partial charge in [0.05, 0.1) is 6.61 Å². The summed E-state index contributed by atoms with van der Waals surface area (Å²) in [5.74, 6) is 1.76. The maximum Gasteiger partial charge on any atom is 0.248 e. The van der Waals surface area contributed by atoms with Crippen LogP contribution in [0.1, 0.15) is 29.6 Å². The van der Waals surface area contributed by atoms with Crippen molar-refractivity contribution >= 4 is 5.91 Å². The second-order valence-electron chi connectivity index (χ2n) is 6.53. The Bertz CT molecular complexity index is 503. The van der Waals surface area contributed by atoms with E-state index in [4.69, 9.17) is 16.2 Å². The van der Waals surface area contributed by atoms with Crippen molar-refractivity contribution in [2.45, 2.75) is 25.3 Å². The standard InChI is InChI=1S/C17H25N3O2/c18-16-13-2-3-14(16)11-20(10-13)8-1-9-22-15-6-4-12(5-7-15)17(19)21/h4-7,13-14,16H,1-3,8-11,18H2,(H2,19,21). The first-order chi connectivity index (χ1) is 10.6. The zero-order valence-corrected chi connectivity index (χ0v) is 12.9. The molecule has 2 bridgehead atoms. The van der Waals surface area contributed by atoms with Crippen molar-refractivity contribution in [3.8, 4) is 5.75 Å². The molecule has 5 nitrogen and oxygen atoms in total. The molecule has 0 aromatic heterocycles. The van der Waals surface area contributed by atoms with E-state index in [0.29, 0.717) is 30.0 Å². The van der Waals surface area contributed by atoms with Gasteiger partial charge in [-0.25, -0.2) is 0 Å². The number of amides is 1. The van der Waals surface area contributed by atoms with Crippen LogP contribution in [0, 0.1) is 11.8 Å². The number of piperidine rings is 1. The maximum absolute atomic E-state index is 11.0. The summed E-state index contributed by atoms with van der Waals surface area (Å²) >= 11 is 0. The van der Waals surface area contributed by atoms with E-state index in [1.54, 1.807) is 24.3 Å². The minimum Gasteiger partial charge on any atom is -0.494 e. The Kier molecular flexibility index (Phi) is 4.64. The number of fused-ring (bicyclic) bond motifs is 2. The van der Waals surface area contributed by atoms with Crippen LogP contribution >= 0.6 is 0 Å². The fourth-order valence-corrected chi connectivity index (χ4v) is 3.74. The lowest BCUT2D eigenvalue weighted by Crippen LogP contribution is -2.49. The molecule has 1 amide bonds. The van der Waals surface area contributed by atoms with Crippen molar-refractivity contribution in [2.75, 3.05) is 26.2 Å². The highest BCUT2D eigenvalue weighted by molar-refractivity contribution is 5.92. The zero-order chi connectivity index (χ0) is 15.5. The maximum atomic E-state index is 11.0. The molecule has 2 fully saturated rings. The Labute approximate surface area is 131 Å². The lowest BCUT2D eigenvalue weighted by molar-refractivity contribution is 0.100. The number of rotatable bonds is 6. The van der Waals surface area contributed by atoms with E-state index in [1.165, 1.54) is 12.8 Å².